The fraction of sp³-hybridized carbons (Fsp3) is 0.474. The standard InChI is InChI=1S/C19H24N4O4S/c1-15-19(16(2)27-21-15)28(24,25)23-11-9-22(10-12-23)8-3-13-26-18-6-4-17(14-20)5-7-18/h4-7H,3,8-13H2,1-2H3. The molecular formula is C19H24N4O4S. The van der Waals surface area contributed by atoms with Crippen molar-refractivity contribution in [1.29, 1.82) is 5.26 Å². The highest BCUT2D eigenvalue weighted by Crippen LogP contribution is 2.24. The predicted molar refractivity (Wildman–Crippen MR) is 102 cm³/mol. The number of nitrogens with zero attached hydrogens (tertiary/aromatic N) is 4. The summed E-state index contributed by atoms with van der Waals surface area (Å²) in [5.74, 6) is 1.08. The van der Waals surface area contributed by atoms with Crippen LogP contribution in [0.3, 0.4) is 0 Å². The zero-order valence-electron chi connectivity index (χ0n) is 16.1. The van der Waals surface area contributed by atoms with Gasteiger partial charge in [-0.05, 0) is 44.5 Å². The number of hydrogen-bond donors (Lipinski definition) is 0. The molecule has 0 saturated carbocycles. The third kappa shape index (κ3) is 4.52. The molecule has 0 amide bonds. The van der Waals surface area contributed by atoms with E-state index >= 15 is 0 Å². The van der Waals surface area contributed by atoms with E-state index in [2.05, 4.69) is 16.1 Å². The summed E-state index contributed by atoms with van der Waals surface area (Å²) in [5, 5.41) is 12.5. The first-order valence-corrected chi connectivity index (χ1v) is 10.6. The van der Waals surface area contributed by atoms with Crippen molar-refractivity contribution in [3.8, 4) is 11.8 Å². The number of ether oxygens (including phenoxy) is 1. The number of benzene rings is 1. The van der Waals surface area contributed by atoms with Crippen molar-refractivity contribution in [2.24, 2.45) is 0 Å². The van der Waals surface area contributed by atoms with E-state index < -0.39 is 10.0 Å². The summed E-state index contributed by atoms with van der Waals surface area (Å²) in [6.45, 7) is 6.94. The van der Waals surface area contributed by atoms with Crippen LogP contribution in [-0.4, -0.2) is 62.1 Å². The SMILES string of the molecule is Cc1noc(C)c1S(=O)(=O)N1CCN(CCCOc2ccc(C#N)cc2)CC1. The van der Waals surface area contributed by atoms with Gasteiger partial charge < -0.3 is 14.2 Å². The van der Waals surface area contributed by atoms with Gasteiger partial charge in [0.2, 0.25) is 10.0 Å². The number of sulfonamides is 1. The molecule has 0 unspecified atom stereocenters. The van der Waals surface area contributed by atoms with Crippen LogP contribution >= 0.6 is 0 Å². The molecule has 3 rings (SSSR count). The second-order valence-electron chi connectivity index (χ2n) is 6.74. The van der Waals surface area contributed by atoms with Crippen LogP contribution in [0.25, 0.3) is 0 Å². The maximum atomic E-state index is 12.8. The maximum Gasteiger partial charge on any atom is 0.248 e. The Morgan fingerprint density at radius 1 is 1.18 bits per heavy atom. The molecule has 1 aromatic heterocycles. The zero-order valence-corrected chi connectivity index (χ0v) is 16.9. The molecule has 0 aliphatic carbocycles. The fourth-order valence-corrected chi connectivity index (χ4v) is 4.98. The van der Waals surface area contributed by atoms with Crippen LogP contribution in [-0.2, 0) is 10.0 Å². The molecule has 8 nitrogen and oxygen atoms in total. The summed E-state index contributed by atoms with van der Waals surface area (Å²) in [4.78, 5) is 2.43. The minimum Gasteiger partial charge on any atom is -0.494 e. The molecule has 28 heavy (non-hydrogen) atoms. The molecule has 0 atom stereocenters. The van der Waals surface area contributed by atoms with Crippen LogP contribution in [0.5, 0.6) is 5.75 Å². The molecule has 0 radical (unpaired) electrons. The number of piperazine rings is 1. The molecule has 0 N–H and O–H groups in total. The average molecular weight is 404 g/mol. The van der Waals surface area contributed by atoms with Gasteiger partial charge in [0, 0.05) is 32.7 Å². The summed E-state index contributed by atoms with van der Waals surface area (Å²) >= 11 is 0. The Morgan fingerprint density at radius 3 is 2.43 bits per heavy atom. The van der Waals surface area contributed by atoms with E-state index in [0.29, 0.717) is 49.8 Å². The van der Waals surface area contributed by atoms with Gasteiger partial charge in [-0.25, -0.2) is 8.42 Å². The largest absolute Gasteiger partial charge is 0.494 e. The molecule has 2 heterocycles. The van der Waals surface area contributed by atoms with Crippen molar-refractivity contribution in [3.05, 3.63) is 41.3 Å². The predicted octanol–water partition coefficient (Wildman–Crippen LogP) is 1.94. The van der Waals surface area contributed by atoms with Gasteiger partial charge in [-0.15, -0.1) is 0 Å². The molecule has 1 aliphatic rings. The second kappa shape index (κ2) is 8.73. The van der Waals surface area contributed by atoms with E-state index in [1.165, 1.54) is 4.31 Å². The number of rotatable bonds is 7. The van der Waals surface area contributed by atoms with Gasteiger partial charge in [-0.1, -0.05) is 5.16 Å². The Kier molecular flexibility index (Phi) is 6.34. The summed E-state index contributed by atoms with van der Waals surface area (Å²) < 4.78 is 37.9. The Hall–Kier alpha value is -2.41. The molecule has 1 saturated heterocycles. The zero-order chi connectivity index (χ0) is 20.1. The van der Waals surface area contributed by atoms with Crippen molar-refractivity contribution in [3.63, 3.8) is 0 Å². The molecule has 2 aromatic rings. The lowest BCUT2D eigenvalue weighted by Crippen LogP contribution is -2.49. The molecule has 9 heteroatoms. The molecule has 0 bridgehead atoms. The summed E-state index contributed by atoms with van der Waals surface area (Å²) in [6.07, 6.45) is 0.844. The number of hydrogen-bond acceptors (Lipinski definition) is 7. The number of aryl methyl sites for hydroxylation is 2. The van der Waals surface area contributed by atoms with Crippen molar-refractivity contribution >= 4 is 10.0 Å². The summed E-state index contributed by atoms with van der Waals surface area (Å²) in [7, 11) is -3.57. The summed E-state index contributed by atoms with van der Waals surface area (Å²) in [5.41, 5.74) is 1.01. The maximum absolute atomic E-state index is 12.8. The van der Waals surface area contributed by atoms with Gasteiger partial charge >= 0.3 is 0 Å². The van der Waals surface area contributed by atoms with Crippen LogP contribution in [0.1, 0.15) is 23.4 Å². The third-order valence-electron chi connectivity index (χ3n) is 4.77. The van der Waals surface area contributed by atoms with Crippen LogP contribution < -0.4 is 4.74 Å². The minimum absolute atomic E-state index is 0.191. The highest BCUT2D eigenvalue weighted by Gasteiger charge is 2.33. The Labute approximate surface area is 165 Å². The smallest absolute Gasteiger partial charge is 0.248 e. The van der Waals surface area contributed by atoms with E-state index in [1.54, 1.807) is 38.1 Å². The normalized spacial score (nSPS) is 16.0. The number of nitriles is 1. The molecular weight excluding hydrogens is 380 g/mol. The third-order valence-corrected chi connectivity index (χ3v) is 6.91. The topological polar surface area (TPSA) is 99.7 Å². The van der Waals surface area contributed by atoms with Gasteiger partial charge in [0.25, 0.3) is 0 Å². The first-order valence-electron chi connectivity index (χ1n) is 9.20. The molecule has 150 valence electrons. The molecule has 1 aliphatic heterocycles. The first-order chi connectivity index (χ1) is 13.4. The van der Waals surface area contributed by atoms with Crippen molar-refractivity contribution in [2.45, 2.75) is 25.2 Å². The van der Waals surface area contributed by atoms with Gasteiger partial charge in [0.15, 0.2) is 5.76 Å². The van der Waals surface area contributed by atoms with E-state index in [1.807, 2.05) is 0 Å². The minimum atomic E-state index is -3.57. The lowest BCUT2D eigenvalue weighted by atomic mass is 10.2. The number of aromatic nitrogens is 1. The van der Waals surface area contributed by atoms with Crippen molar-refractivity contribution < 1.29 is 17.7 Å². The van der Waals surface area contributed by atoms with Crippen LogP contribution in [0.4, 0.5) is 0 Å². The van der Waals surface area contributed by atoms with Crippen LogP contribution in [0.2, 0.25) is 0 Å². The van der Waals surface area contributed by atoms with E-state index in [4.69, 9.17) is 14.5 Å². The Bertz CT molecular complexity index is 920. The lowest BCUT2D eigenvalue weighted by Gasteiger charge is -2.33. The quantitative estimate of drug-likeness (QED) is 0.650. The van der Waals surface area contributed by atoms with E-state index in [9.17, 15) is 8.42 Å². The van der Waals surface area contributed by atoms with Crippen molar-refractivity contribution in [1.82, 2.24) is 14.4 Å². The Morgan fingerprint density at radius 2 is 1.86 bits per heavy atom. The molecule has 1 aromatic carbocycles. The van der Waals surface area contributed by atoms with Gasteiger partial charge in [0.1, 0.15) is 16.3 Å². The fourth-order valence-electron chi connectivity index (χ4n) is 3.27. The summed E-state index contributed by atoms with van der Waals surface area (Å²) in [6, 6.07) is 9.11. The Balaban J connectivity index is 1.43. The highest BCUT2D eigenvalue weighted by molar-refractivity contribution is 7.89. The van der Waals surface area contributed by atoms with Crippen LogP contribution in [0.15, 0.2) is 33.7 Å². The van der Waals surface area contributed by atoms with Gasteiger partial charge in [0.05, 0.1) is 18.2 Å². The highest BCUT2D eigenvalue weighted by atomic mass is 32.2. The monoisotopic (exact) mass is 404 g/mol. The van der Waals surface area contributed by atoms with Crippen molar-refractivity contribution in [2.75, 3.05) is 39.3 Å². The van der Waals surface area contributed by atoms with Crippen LogP contribution in [0, 0.1) is 25.2 Å². The molecule has 1 fully saturated rings. The second-order valence-corrected chi connectivity index (χ2v) is 8.61. The average Bonchev–Trinajstić information content (AvgIpc) is 3.05. The van der Waals surface area contributed by atoms with Gasteiger partial charge in [-0.3, -0.25) is 0 Å². The van der Waals surface area contributed by atoms with E-state index in [-0.39, 0.29) is 4.90 Å². The van der Waals surface area contributed by atoms with E-state index in [0.717, 1.165) is 18.7 Å². The molecule has 0 spiro atoms. The lowest BCUT2D eigenvalue weighted by molar-refractivity contribution is 0.174. The first kappa shape index (κ1) is 20.3. The van der Waals surface area contributed by atoms with Gasteiger partial charge in [-0.2, -0.15) is 9.57 Å².